The normalized spacial score (nSPS) is 17.2. The molecule has 0 radical (unpaired) electrons. The standard InChI is InChI=1S/C13H13F5N2O/c1-19-2-4-20(5-3-19)6-7(21)8-9(14)11(16)13(18)12(17)10(8)15/h2-6H2,1H3. The van der Waals surface area contributed by atoms with Crippen LogP contribution in [0.3, 0.4) is 0 Å². The summed E-state index contributed by atoms with van der Waals surface area (Å²) in [6.45, 7) is 1.90. The van der Waals surface area contributed by atoms with Crippen molar-refractivity contribution >= 4 is 5.78 Å². The van der Waals surface area contributed by atoms with Crippen LogP contribution < -0.4 is 0 Å². The third kappa shape index (κ3) is 3.06. The van der Waals surface area contributed by atoms with Gasteiger partial charge in [0.2, 0.25) is 5.82 Å². The van der Waals surface area contributed by atoms with Crippen LogP contribution in [0.25, 0.3) is 0 Å². The van der Waals surface area contributed by atoms with Crippen molar-refractivity contribution in [3.05, 3.63) is 34.6 Å². The van der Waals surface area contributed by atoms with Crippen molar-refractivity contribution in [2.75, 3.05) is 39.8 Å². The Bertz CT molecular complexity index is 541. The fourth-order valence-corrected chi connectivity index (χ4v) is 2.14. The van der Waals surface area contributed by atoms with Crippen molar-refractivity contribution < 1.29 is 26.7 Å². The van der Waals surface area contributed by atoms with Gasteiger partial charge in [-0.3, -0.25) is 9.69 Å². The molecule has 1 aliphatic rings. The van der Waals surface area contributed by atoms with Gasteiger partial charge in [0, 0.05) is 26.2 Å². The maximum atomic E-state index is 13.5. The molecule has 0 saturated carbocycles. The molecule has 0 spiro atoms. The Kier molecular flexibility index (Phi) is 4.58. The lowest BCUT2D eigenvalue weighted by molar-refractivity contribution is 0.0865. The fraction of sp³-hybridized carbons (Fsp3) is 0.462. The third-order valence-electron chi connectivity index (χ3n) is 3.45. The van der Waals surface area contributed by atoms with Gasteiger partial charge in [-0.25, -0.2) is 22.0 Å². The van der Waals surface area contributed by atoms with E-state index in [-0.39, 0.29) is 6.54 Å². The van der Waals surface area contributed by atoms with E-state index in [0.717, 1.165) is 0 Å². The summed E-state index contributed by atoms with van der Waals surface area (Å²) in [5.74, 6) is -11.7. The quantitative estimate of drug-likeness (QED) is 0.368. The molecule has 0 aliphatic carbocycles. The summed E-state index contributed by atoms with van der Waals surface area (Å²) in [5.41, 5.74) is -1.37. The van der Waals surface area contributed by atoms with Crippen LogP contribution in [0, 0.1) is 29.1 Å². The predicted molar refractivity (Wildman–Crippen MR) is 64.5 cm³/mol. The van der Waals surface area contributed by atoms with E-state index >= 15 is 0 Å². The van der Waals surface area contributed by atoms with E-state index in [4.69, 9.17) is 0 Å². The van der Waals surface area contributed by atoms with Gasteiger partial charge in [-0.15, -0.1) is 0 Å². The maximum Gasteiger partial charge on any atom is 0.200 e. The third-order valence-corrected chi connectivity index (χ3v) is 3.45. The van der Waals surface area contributed by atoms with E-state index in [0.29, 0.717) is 26.2 Å². The number of rotatable bonds is 3. The van der Waals surface area contributed by atoms with Gasteiger partial charge in [0.1, 0.15) is 0 Å². The van der Waals surface area contributed by atoms with Crippen LogP contribution in [0.2, 0.25) is 0 Å². The van der Waals surface area contributed by atoms with Gasteiger partial charge >= 0.3 is 0 Å². The zero-order chi connectivity index (χ0) is 15.7. The number of nitrogens with zero attached hydrogens (tertiary/aromatic N) is 2. The van der Waals surface area contributed by atoms with E-state index in [9.17, 15) is 26.7 Å². The number of hydrogen-bond acceptors (Lipinski definition) is 3. The molecule has 0 unspecified atom stereocenters. The zero-order valence-corrected chi connectivity index (χ0v) is 11.2. The molecular weight excluding hydrogens is 295 g/mol. The molecule has 0 atom stereocenters. The highest BCUT2D eigenvalue weighted by Gasteiger charge is 2.30. The highest BCUT2D eigenvalue weighted by atomic mass is 19.2. The number of hydrogen-bond donors (Lipinski definition) is 0. The molecule has 8 heteroatoms. The molecule has 2 rings (SSSR count). The Morgan fingerprint density at radius 2 is 1.29 bits per heavy atom. The molecular formula is C13H13F5N2O. The topological polar surface area (TPSA) is 23.6 Å². The number of Topliss-reactive ketones (excluding diaryl/α,β-unsaturated/α-hetero) is 1. The van der Waals surface area contributed by atoms with Crippen molar-refractivity contribution in [1.82, 2.24) is 9.80 Å². The van der Waals surface area contributed by atoms with Crippen LogP contribution in [-0.4, -0.2) is 55.4 Å². The minimum atomic E-state index is -2.26. The van der Waals surface area contributed by atoms with E-state index < -0.39 is 40.4 Å². The summed E-state index contributed by atoms with van der Waals surface area (Å²) in [4.78, 5) is 15.5. The molecule has 21 heavy (non-hydrogen) atoms. The minimum Gasteiger partial charge on any atom is -0.304 e. The SMILES string of the molecule is CN1CCN(CC(=O)c2c(F)c(F)c(F)c(F)c2F)CC1. The van der Waals surface area contributed by atoms with Crippen LogP contribution in [0.4, 0.5) is 22.0 Å². The first-order valence-electron chi connectivity index (χ1n) is 6.28. The molecule has 1 fully saturated rings. The van der Waals surface area contributed by atoms with Gasteiger partial charge in [-0.2, -0.15) is 0 Å². The molecule has 3 nitrogen and oxygen atoms in total. The molecule has 1 aliphatic heterocycles. The van der Waals surface area contributed by atoms with E-state index in [2.05, 4.69) is 0 Å². The van der Waals surface area contributed by atoms with Crippen LogP contribution in [0.1, 0.15) is 10.4 Å². The molecule has 0 amide bonds. The highest BCUT2D eigenvalue weighted by molar-refractivity contribution is 5.98. The molecule has 1 heterocycles. The lowest BCUT2D eigenvalue weighted by Gasteiger charge is -2.31. The number of piperazine rings is 1. The summed E-state index contributed by atoms with van der Waals surface area (Å²) in [6, 6.07) is 0. The van der Waals surface area contributed by atoms with Crippen molar-refractivity contribution in [2.24, 2.45) is 0 Å². The molecule has 1 saturated heterocycles. The molecule has 116 valence electrons. The number of carbonyl (C=O) groups excluding carboxylic acids is 1. The number of ketones is 1. The molecule has 0 aromatic heterocycles. The maximum absolute atomic E-state index is 13.5. The first-order chi connectivity index (χ1) is 9.82. The largest absolute Gasteiger partial charge is 0.304 e. The second-order valence-electron chi connectivity index (χ2n) is 4.95. The lowest BCUT2D eigenvalue weighted by Crippen LogP contribution is -2.46. The van der Waals surface area contributed by atoms with Crippen molar-refractivity contribution in [3.63, 3.8) is 0 Å². The summed E-state index contributed by atoms with van der Waals surface area (Å²) in [7, 11) is 1.88. The van der Waals surface area contributed by atoms with Gasteiger partial charge in [0.05, 0.1) is 12.1 Å². The van der Waals surface area contributed by atoms with E-state index in [1.807, 2.05) is 11.9 Å². The summed E-state index contributed by atoms with van der Waals surface area (Å²) >= 11 is 0. The second-order valence-corrected chi connectivity index (χ2v) is 4.95. The highest BCUT2D eigenvalue weighted by Crippen LogP contribution is 2.23. The first-order valence-corrected chi connectivity index (χ1v) is 6.28. The number of halogens is 5. The lowest BCUT2D eigenvalue weighted by atomic mass is 10.1. The molecule has 0 N–H and O–H groups in total. The summed E-state index contributed by atoms with van der Waals surface area (Å²) in [6.07, 6.45) is 0. The van der Waals surface area contributed by atoms with Gasteiger partial charge in [0.25, 0.3) is 0 Å². The van der Waals surface area contributed by atoms with E-state index in [1.54, 1.807) is 4.90 Å². The Hall–Kier alpha value is -1.54. The second kappa shape index (κ2) is 6.07. The van der Waals surface area contributed by atoms with Crippen molar-refractivity contribution in [2.45, 2.75) is 0 Å². The molecule has 1 aromatic rings. The molecule has 1 aromatic carbocycles. The van der Waals surface area contributed by atoms with Crippen LogP contribution in [0.5, 0.6) is 0 Å². The fourth-order valence-electron chi connectivity index (χ4n) is 2.14. The first kappa shape index (κ1) is 15.8. The van der Waals surface area contributed by atoms with Crippen LogP contribution in [0.15, 0.2) is 0 Å². The Balaban J connectivity index is 2.24. The minimum absolute atomic E-state index is 0.383. The summed E-state index contributed by atoms with van der Waals surface area (Å²) < 4.78 is 66.0. The average molecular weight is 308 g/mol. The number of likely N-dealkylation sites (N-methyl/N-ethyl adjacent to an activating group) is 1. The van der Waals surface area contributed by atoms with E-state index in [1.165, 1.54) is 0 Å². The van der Waals surface area contributed by atoms with Crippen molar-refractivity contribution in [1.29, 1.82) is 0 Å². The monoisotopic (exact) mass is 308 g/mol. The van der Waals surface area contributed by atoms with Crippen LogP contribution in [-0.2, 0) is 0 Å². The van der Waals surface area contributed by atoms with Gasteiger partial charge in [-0.1, -0.05) is 0 Å². The number of benzene rings is 1. The Morgan fingerprint density at radius 3 is 1.76 bits per heavy atom. The van der Waals surface area contributed by atoms with Gasteiger partial charge < -0.3 is 4.90 Å². The Morgan fingerprint density at radius 1 is 0.857 bits per heavy atom. The van der Waals surface area contributed by atoms with Crippen molar-refractivity contribution in [3.8, 4) is 0 Å². The van der Waals surface area contributed by atoms with Gasteiger partial charge in [-0.05, 0) is 7.05 Å². The Labute approximate surface area is 117 Å². The molecule has 0 bridgehead atoms. The predicted octanol–water partition coefficient (Wildman–Crippen LogP) is 1.81. The summed E-state index contributed by atoms with van der Waals surface area (Å²) in [5, 5.41) is 0. The smallest absolute Gasteiger partial charge is 0.200 e. The number of carbonyl (C=O) groups is 1. The van der Waals surface area contributed by atoms with Crippen LogP contribution >= 0.6 is 0 Å². The average Bonchev–Trinajstić information content (AvgIpc) is 2.46. The zero-order valence-electron chi connectivity index (χ0n) is 11.2. The van der Waals surface area contributed by atoms with Gasteiger partial charge in [0.15, 0.2) is 29.1 Å².